The van der Waals surface area contributed by atoms with Gasteiger partial charge in [-0.1, -0.05) is 6.92 Å². The molecule has 0 aliphatic carbocycles. The van der Waals surface area contributed by atoms with E-state index in [4.69, 9.17) is 4.74 Å². The number of nitrogens with zero attached hydrogens (tertiary/aromatic N) is 1. The van der Waals surface area contributed by atoms with Crippen LogP contribution in [0.3, 0.4) is 0 Å². The van der Waals surface area contributed by atoms with Gasteiger partial charge in [0.05, 0.1) is 25.4 Å². The number of benzene rings is 2. The fourth-order valence-electron chi connectivity index (χ4n) is 2.75. The lowest BCUT2D eigenvalue weighted by molar-refractivity contribution is -0.120. The first kappa shape index (κ1) is 23.2. The molecule has 0 unspecified atom stereocenters. The SMILES string of the molecule is CCCN(CC(=O)Nc1ccc(OCC)cc1)CC(=O)Nc1ccc(F)c(F)c1F. The molecule has 0 bridgehead atoms. The predicted octanol–water partition coefficient (Wildman–Crippen LogP) is 3.79. The Morgan fingerprint density at radius 2 is 1.53 bits per heavy atom. The normalized spacial score (nSPS) is 10.7. The van der Waals surface area contributed by atoms with Gasteiger partial charge >= 0.3 is 0 Å². The van der Waals surface area contributed by atoms with Crippen LogP contribution in [0.1, 0.15) is 20.3 Å². The quantitative estimate of drug-likeness (QED) is 0.571. The van der Waals surface area contributed by atoms with E-state index in [9.17, 15) is 22.8 Å². The van der Waals surface area contributed by atoms with E-state index in [-0.39, 0.29) is 19.0 Å². The number of carbonyl (C=O) groups is 2. The van der Waals surface area contributed by atoms with Crippen molar-refractivity contribution in [3.8, 4) is 5.75 Å². The number of halogens is 3. The zero-order valence-corrected chi connectivity index (χ0v) is 16.8. The Morgan fingerprint density at radius 1 is 0.900 bits per heavy atom. The highest BCUT2D eigenvalue weighted by atomic mass is 19.2. The number of ether oxygens (including phenoxy) is 1. The predicted molar refractivity (Wildman–Crippen MR) is 108 cm³/mol. The summed E-state index contributed by atoms with van der Waals surface area (Å²) in [5.74, 6) is -4.78. The topological polar surface area (TPSA) is 70.7 Å². The minimum absolute atomic E-state index is 0.0747. The summed E-state index contributed by atoms with van der Waals surface area (Å²) in [6.07, 6.45) is 0.670. The first-order valence-corrected chi connectivity index (χ1v) is 9.52. The molecule has 0 spiro atoms. The van der Waals surface area contributed by atoms with E-state index < -0.39 is 29.0 Å². The summed E-state index contributed by atoms with van der Waals surface area (Å²) in [6, 6.07) is 8.52. The van der Waals surface area contributed by atoms with Gasteiger partial charge in [0.25, 0.3) is 0 Å². The van der Waals surface area contributed by atoms with Crippen molar-refractivity contribution in [1.29, 1.82) is 0 Å². The molecule has 2 aromatic rings. The Kier molecular flexibility index (Phi) is 8.67. The number of hydrogen-bond acceptors (Lipinski definition) is 4. The Morgan fingerprint density at radius 3 is 2.13 bits per heavy atom. The van der Waals surface area contributed by atoms with Crippen LogP contribution in [0.25, 0.3) is 0 Å². The van der Waals surface area contributed by atoms with Gasteiger partial charge < -0.3 is 15.4 Å². The van der Waals surface area contributed by atoms with Crippen LogP contribution in [0.2, 0.25) is 0 Å². The molecule has 2 aromatic carbocycles. The summed E-state index contributed by atoms with van der Waals surface area (Å²) < 4.78 is 45.4. The molecule has 0 aliphatic heterocycles. The summed E-state index contributed by atoms with van der Waals surface area (Å²) >= 11 is 0. The molecule has 0 aliphatic rings. The number of anilines is 2. The molecule has 9 heteroatoms. The first-order valence-electron chi connectivity index (χ1n) is 9.52. The van der Waals surface area contributed by atoms with Gasteiger partial charge in [-0.2, -0.15) is 0 Å². The van der Waals surface area contributed by atoms with Crippen LogP contribution < -0.4 is 15.4 Å². The van der Waals surface area contributed by atoms with E-state index >= 15 is 0 Å². The zero-order valence-electron chi connectivity index (χ0n) is 16.8. The van der Waals surface area contributed by atoms with Crippen LogP contribution >= 0.6 is 0 Å². The molecule has 2 N–H and O–H groups in total. The summed E-state index contributed by atoms with van der Waals surface area (Å²) in [5, 5.41) is 4.93. The Bertz CT molecular complexity index is 876. The average Bonchev–Trinajstić information content (AvgIpc) is 2.70. The van der Waals surface area contributed by atoms with E-state index in [2.05, 4.69) is 10.6 Å². The molecule has 2 amide bonds. The number of amides is 2. The Balaban J connectivity index is 1.93. The molecule has 0 atom stereocenters. The Labute approximate surface area is 173 Å². The van der Waals surface area contributed by atoms with Crippen LogP contribution in [0.15, 0.2) is 36.4 Å². The van der Waals surface area contributed by atoms with Crippen molar-refractivity contribution in [1.82, 2.24) is 4.90 Å². The van der Waals surface area contributed by atoms with E-state index in [0.29, 0.717) is 31.0 Å². The minimum atomic E-state index is -1.66. The molecular weight excluding hydrogens is 399 g/mol. The van der Waals surface area contributed by atoms with Crippen LogP contribution in [0.5, 0.6) is 5.75 Å². The monoisotopic (exact) mass is 423 g/mol. The number of rotatable bonds is 10. The van der Waals surface area contributed by atoms with Gasteiger partial charge in [-0.15, -0.1) is 0 Å². The second-order valence-corrected chi connectivity index (χ2v) is 6.49. The summed E-state index contributed by atoms with van der Waals surface area (Å²) in [4.78, 5) is 26.1. The lowest BCUT2D eigenvalue weighted by Crippen LogP contribution is -2.39. The molecule has 0 aromatic heterocycles. The van der Waals surface area contributed by atoms with Crippen LogP contribution in [-0.4, -0.2) is 43.0 Å². The fourth-order valence-corrected chi connectivity index (χ4v) is 2.75. The molecule has 0 saturated heterocycles. The smallest absolute Gasteiger partial charge is 0.238 e. The minimum Gasteiger partial charge on any atom is -0.494 e. The third kappa shape index (κ3) is 6.77. The molecule has 0 heterocycles. The number of carbonyl (C=O) groups excluding carboxylic acids is 2. The van der Waals surface area contributed by atoms with Gasteiger partial charge in [0, 0.05) is 5.69 Å². The molecule has 0 saturated carbocycles. The van der Waals surface area contributed by atoms with Gasteiger partial charge in [0.1, 0.15) is 5.75 Å². The number of hydrogen-bond donors (Lipinski definition) is 2. The van der Waals surface area contributed by atoms with E-state index in [0.717, 1.165) is 12.1 Å². The van der Waals surface area contributed by atoms with Crippen LogP contribution in [0, 0.1) is 17.5 Å². The molecule has 0 fully saturated rings. The zero-order chi connectivity index (χ0) is 22.1. The molecule has 30 heavy (non-hydrogen) atoms. The maximum atomic E-state index is 13.7. The van der Waals surface area contributed by atoms with E-state index in [1.807, 2.05) is 13.8 Å². The van der Waals surface area contributed by atoms with Crippen molar-refractivity contribution in [2.75, 3.05) is 36.9 Å². The van der Waals surface area contributed by atoms with Crippen molar-refractivity contribution in [2.24, 2.45) is 0 Å². The highest BCUT2D eigenvalue weighted by Gasteiger charge is 2.18. The van der Waals surface area contributed by atoms with Crippen LogP contribution in [-0.2, 0) is 9.59 Å². The summed E-state index contributed by atoms with van der Waals surface area (Å²) in [5.41, 5.74) is 0.113. The maximum Gasteiger partial charge on any atom is 0.238 e. The highest BCUT2D eigenvalue weighted by molar-refractivity contribution is 5.94. The van der Waals surface area contributed by atoms with E-state index in [1.54, 1.807) is 29.2 Å². The standard InChI is InChI=1S/C21H24F3N3O3/c1-3-11-27(12-18(28)25-14-5-7-15(8-6-14)30-4-2)13-19(29)26-17-10-9-16(22)20(23)21(17)24/h5-10H,3-4,11-13H2,1-2H3,(H,25,28)(H,26,29). The average molecular weight is 423 g/mol. The van der Waals surface area contributed by atoms with Gasteiger partial charge in [0.15, 0.2) is 17.5 Å². The van der Waals surface area contributed by atoms with Crippen molar-refractivity contribution in [3.63, 3.8) is 0 Å². The third-order valence-corrected chi connectivity index (χ3v) is 4.03. The fraction of sp³-hybridized carbons (Fsp3) is 0.333. The van der Waals surface area contributed by atoms with Crippen molar-refractivity contribution in [2.45, 2.75) is 20.3 Å². The summed E-state index contributed by atoms with van der Waals surface area (Å²) in [7, 11) is 0. The van der Waals surface area contributed by atoms with Crippen molar-refractivity contribution < 1.29 is 27.5 Å². The molecule has 2 rings (SSSR count). The van der Waals surface area contributed by atoms with Gasteiger partial charge in [0.2, 0.25) is 11.8 Å². The lowest BCUT2D eigenvalue weighted by atomic mass is 10.2. The lowest BCUT2D eigenvalue weighted by Gasteiger charge is -2.20. The Hall–Kier alpha value is -3.07. The largest absolute Gasteiger partial charge is 0.494 e. The van der Waals surface area contributed by atoms with Gasteiger partial charge in [-0.3, -0.25) is 14.5 Å². The van der Waals surface area contributed by atoms with Crippen molar-refractivity contribution in [3.05, 3.63) is 53.8 Å². The highest BCUT2D eigenvalue weighted by Crippen LogP contribution is 2.19. The second-order valence-electron chi connectivity index (χ2n) is 6.49. The molecular formula is C21H24F3N3O3. The first-order chi connectivity index (χ1) is 14.3. The number of nitrogens with one attached hydrogen (secondary N) is 2. The van der Waals surface area contributed by atoms with Gasteiger partial charge in [-0.05, 0) is 56.3 Å². The van der Waals surface area contributed by atoms with Crippen LogP contribution in [0.4, 0.5) is 24.5 Å². The van der Waals surface area contributed by atoms with Crippen molar-refractivity contribution >= 4 is 23.2 Å². The second kappa shape index (κ2) is 11.2. The van der Waals surface area contributed by atoms with Gasteiger partial charge in [-0.25, -0.2) is 13.2 Å². The molecule has 6 nitrogen and oxygen atoms in total. The maximum absolute atomic E-state index is 13.7. The van der Waals surface area contributed by atoms with E-state index in [1.165, 1.54) is 0 Å². The molecule has 162 valence electrons. The third-order valence-electron chi connectivity index (χ3n) is 4.03. The summed E-state index contributed by atoms with van der Waals surface area (Å²) in [6.45, 7) is 4.43. The molecule has 0 radical (unpaired) electrons.